The number of imidazole rings is 1. The van der Waals surface area contributed by atoms with Crippen LogP contribution in [0.25, 0.3) is 0 Å². The number of benzene rings is 1. The fraction of sp³-hybridized carbons (Fsp3) is 0.308. The van der Waals surface area contributed by atoms with Gasteiger partial charge in [0, 0.05) is 12.6 Å². The van der Waals surface area contributed by atoms with Gasteiger partial charge in [-0.05, 0) is 11.6 Å². The Balaban J connectivity index is 1.69. The molecule has 1 N–H and O–H groups in total. The number of rotatable bonds is 3. The highest BCUT2D eigenvalue weighted by Gasteiger charge is 2.22. The Bertz CT molecular complexity index is 497. The molecule has 0 saturated heterocycles. The van der Waals surface area contributed by atoms with Crippen LogP contribution in [0.2, 0.25) is 0 Å². The standard InChI is InChI=1S/C13H14N2O2/c16-8-11-6-15(9-14-11)7-12-5-10-3-1-2-4-13(10)17-12/h1-4,6,9,12,16H,5,7-8H2. The van der Waals surface area contributed by atoms with E-state index in [-0.39, 0.29) is 12.7 Å². The molecule has 17 heavy (non-hydrogen) atoms. The van der Waals surface area contributed by atoms with Crippen LogP contribution in [0.4, 0.5) is 0 Å². The molecule has 0 radical (unpaired) electrons. The molecule has 3 rings (SSSR count). The fourth-order valence-electron chi connectivity index (χ4n) is 2.18. The van der Waals surface area contributed by atoms with Crippen LogP contribution in [0.15, 0.2) is 36.8 Å². The lowest BCUT2D eigenvalue weighted by atomic mass is 10.1. The van der Waals surface area contributed by atoms with Gasteiger partial charge in [0.15, 0.2) is 0 Å². The van der Waals surface area contributed by atoms with Crippen molar-refractivity contribution in [2.45, 2.75) is 25.7 Å². The van der Waals surface area contributed by atoms with E-state index in [9.17, 15) is 0 Å². The van der Waals surface area contributed by atoms with Crippen molar-refractivity contribution < 1.29 is 9.84 Å². The number of aliphatic hydroxyl groups is 1. The molecule has 0 bridgehead atoms. The highest BCUT2D eigenvalue weighted by molar-refractivity contribution is 5.37. The number of aliphatic hydroxyl groups excluding tert-OH is 1. The molecule has 1 aliphatic heterocycles. The molecule has 4 nitrogen and oxygen atoms in total. The van der Waals surface area contributed by atoms with Crippen molar-refractivity contribution in [1.29, 1.82) is 0 Å². The smallest absolute Gasteiger partial charge is 0.123 e. The molecule has 1 aromatic heterocycles. The van der Waals surface area contributed by atoms with Crippen molar-refractivity contribution in [2.75, 3.05) is 0 Å². The zero-order valence-corrected chi connectivity index (χ0v) is 9.41. The van der Waals surface area contributed by atoms with Gasteiger partial charge in [-0.15, -0.1) is 0 Å². The molecule has 1 unspecified atom stereocenters. The summed E-state index contributed by atoms with van der Waals surface area (Å²) in [5, 5.41) is 8.95. The van der Waals surface area contributed by atoms with E-state index in [0.29, 0.717) is 5.69 Å². The average Bonchev–Trinajstić information content (AvgIpc) is 2.94. The Morgan fingerprint density at radius 3 is 3.06 bits per heavy atom. The van der Waals surface area contributed by atoms with E-state index < -0.39 is 0 Å². The monoisotopic (exact) mass is 230 g/mol. The molecule has 2 aromatic rings. The summed E-state index contributed by atoms with van der Waals surface area (Å²) in [6.45, 7) is 0.750. The fourth-order valence-corrected chi connectivity index (χ4v) is 2.18. The van der Waals surface area contributed by atoms with Gasteiger partial charge >= 0.3 is 0 Å². The number of hydrogen-bond acceptors (Lipinski definition) is 3. The Morgan fingerprint density at radius 2 is 2.29 bits per heavy atom. The van der Waals surface area contributed by atoms with Gasteiger partial charge in [0.2, 0.25) is 0 Å². The Morgan fingerprint density at radius 1 is 1.41 bits per heavy atom. The summed E-state index contributed by atoms with van der Waals surface area (Å²) in [5.41, 5.74) is 1.96. The molecule has 1 atom stereocenters. The van der Waals surface area contributed by atoms with Gasteiger partial charge in [-0.2, -0.15) is 0 Å². The SMILES string of the molecule is OCc1cn(CC2Cc3ccccc3O2)cn1. The van der Waals surface area contributed by atoms with E-state index >= 15 is 0 Å². The molecule has 0 fully saturated rings. The normalized spacial score (nSPS) is 17.8. The van der Waals surface area contributed by atoms with Crippen LogP contribution in [0, 0.1) is 0 Å². The summed E-state index contributed by atoms with van der Waals surface area (Å²) in [6, 6.07) is 8.12. The van der Waals surface area contributed by atoms with Crippen LogP contribution in [-0.4, -0.2) is 20.8 Å². The van der Waals surface area contributed by atoms with Gasteiger partial charge in [0.25, 0.3) is 0 Å². The van der Waals surface area contributed by atoms with E-state index in [1.54, 1.807) is 6.33 Å². The zero-order chi connectivity index (χ0) is 11.7. The van der Waals surface area contributed by atoms with Crippen LogP contribution < -0.4 is 4.74 Å². The maximum atomic E-state index is 8.95. The quantitative estimate of drug-likeness (QED) is 0.866. The molecule has 4 heteroatoms. The molecule has 88 valence electrons. The van der Waals surface area contributed by atoms with Gasteiger partial charge in [-0.1, -0.05) is 18.2 Å². The lowest BCUT2D eigenvalue weighted by Gasteiger charge is -2.10. The van der Waals surface area contributed by atoms with Gasteiger partial charge in [-0.3, -0.25) is 0 Å². The highest BCUT2D eigenvalue weighted by atomic mass is 16.5. The van der Waals surface area contributed by atoms with Gasteiger partial charge in [0.05, 0.1) is 25.2 Å². The second kappa shape index (κ2) is 4.22. The lowest BCUT2D eigenvalue weighted by molar-refractivity contribution is 0.209. The third kappa shape index (κ3) is 2.03. The van der Waals surface area contributed by atoms with Crippen LogP contribution in [0.1, 0.15) is 11.3 Å². The average molecular weight is 230 g/mol. The first kappa shape index (κ1) is 10.4. The minimum Gasteiger partial charge on any atom is -0.488 e. The van der Waals surface area contributed by atoms with Crippen molar-refractivity contribution in [1.82, 2.24) is 9.55 Å². The zero-order valence-electron chi connectivity index (χ0n) is 9.41. The van der Waals surface area contributed by atoms with Crippen molar-refractivity contribution in [3.05, 3.63) is 48.0 Å². The van der Waals surface area contributed by atoms with Crippen LogP contribution in [0.3, 0.4) is 0 Å². The minimum atomic E-state index is -0.0151. The van der Waals surface area contributed by atoms with Crippen molar-refractivity contribution in [2.24, 2.45) is 0 Å². The van der Waals surface area contributed by atoms with Crippen LogP contribution >= 0.6 is 0 Å². The molecule has 1 aliphatic rings. The molecule has 2 heterocycles. The molecule has 0 amide bonds. The molecular formula is C13H14N2O2. The second-order valence-corrected chi connectivity index (χ2v) is 4.27. The predicted molar refractivity (Wildman–Crippen MR) is 62.7 cm³/mol. The summed E-state index contributed by atoms with van der Waals surface area (Å²) in [7, 11) is 0. The van der Waals surface area contributed by atoms with E-state index in [2.05, 4.69) is 11.1 Å². The number of fused-ring (bicyclic) bond motifs is 1. The summed E-state index contributed by atoms with van der Waals surface area (Å²) in [4.78, 5) is 4.08. The topological polar surface area (TPSA) is 47.3 Å². The van der Waals surface area contributed by atoms with Gasteiger partial charge in [-0.25, -0.2) is 4.98 Å². The highest BCUT2D eigenvalue weighted by Crippen LogP contribution is 2.28. The van der Waals surface area contributed by atoms with Gasteiger partial charge < -0.3 is 14.4 Å². The van der Waals surface area contributed by atoms with Crippen molar-refractivity contribution in [3.63, 3.8) is 0 Å². The molecule has 0 spiro atoms. The predicted octanol–water partition coefficient (Wildman–Crippen LogP) is 1.38. The number of para-hydroxylation sites is 1. The van der Waals surface area contributed by atoms with E-state index in [4.69, 9.17) is 9.84 Å². The number of hydrogen-bond donors (Lipinski definition) is 1. The first-order valence-corrected chi connectivity index (χ1v) is 5.71. The second-order valence-electron chi connectivity index (χ2n) is 4.27. The first-order valence-electron chi connectivity index (χ1n) is 5.71. The van der Waals surface area contributed by atoms with E-state index in [1.807, 2.05) is 29.0 Å². The largest absolute Gasteiger partial charge is 0.488 e. The third-order valence-corrected chi connectivity index (χ3v) is 2.98. The van der Waals surface area contributed by atoms with Crippen molar-refractivity contribution in [3.8, 4) is 5.75 Å². The summed E-state index contributed by atoms with van der Waals surface area (Å²) < 4.78 is 7.80. The molecule has 0 aliphatic carbocycles. The molecule has 0 saturated carbocycles. The number of aromatic nitrogens is 2. The maximum Gasteiger partial charge on any atom is 0.123 e. The Hall–Kier alpha value is -1.81. The summed E-state index contributed by atoms with van der Waals surface area (Å²) >= 11 is 0. The Kier molecular flexibility index (Phi) is 2.57. The lowest BCUT2D eigenvalue weighted by Crippen LogP contribution is -2.19. The van der Waals surface area contributed by atoms with Crippen LogP contribution in [-0.2, 0) is 19.6 Å². The summed E-state index contributed by atoms with van der Waals surface area (Å²) in [6.07, 6.45) is 4.68. The van der Waals surface area contributed by atoms with E-state index in [1.165, 1.54) is 5.56 Å². The van der Waals surface area contributed by atoms with E-state index in [0.717, 1.165) is 18.7 Å². The number of ether oxygens (including phenoxy) is 1. The summed E-state index contributed by atoms with van der Waals surface area (Å²) in [5.74, 6) is 0.986. The minimum absolute atomic E-state index is 0.0151. The Labute approximate surface area is 99.5 Å². The number of nitrogens with zero attached hydrogens (tertiary/aromatic N) is 2. The maximum absolute atomic E-state index is 8.95. The molecule has 1 aromatic carbocycles. The van der Waals surface area contributed by atoms with Crippen molar-refractivity contribution >= 4 is 0 Å². The third-order valence-electron chi connectivity index (χ3n) is 2.98. The molecular weight excluding hydrogens is 216 g/mol. The van der Waals surface area contributed by atoms with Crippen LogP contribution in [0.5, 0.6) is 5.75 Å². The van der Waals surface area contributed by atoms with Gasteiger partial charge in [0.1, 0.15) is 11.9 Å². The first-order chi connectivity index (χ1) is 8.35.